The van der Waals surface area contributed by atoms with E-state index in [0.29, 0.717) is 23.8 Å². The molecule has 5 nitrogen and oxygen atoms in total. The van der Waals surface area contributed by atoms with Gasteiger partial charge < -0.3 is 14.3 Å². The van der Waals surface area contributed by atoms with Gasteiger partial charge in [0.2, 0.25) is 11.7 Å². The molecule has 0 aliphatic heterocycles. The van der Waals surface area contributed by atoms with E-state index in [2.05, 4.69) is 10.5 Å². The minimum absolute atomic E-state index is 0.103. The summed E-state index contributed by atoms with van der Waals surface area (Å²) in [5.74, 6) is 0.545. The van der Waals surface area contributed by atoms with E-state index in [1.165, 1.54) is 18.4 Å². The van der Waals surface area contributed by atoms with Gasteiger partial charge in [-0.15, -0.1) is 0 Å². The van der Waals surface area contributed by atoms with Crippen LogP contribution in [-0.4, -0.2) is 11.1 Å². The topological polar surface area (TPSA) is 68.3 Å². The molecule has 0 unspecified atom stereocenters. The summed E-state index contributed by atoms with van der Waals surface area (Å²) in [5.41, 5.74) is 1.34. The monoisotopic (exact) mass is 300 g/mol. The van der Waals surface area contributed by atoms with Crippen molar-refractivity contribution < 1.29 is 18.1 Å². The number of rotatable bonds is 5. The predicted molar refractivity (Wildman–Crippen MR) is 76.2 cm³/mol. The lowest BCUT2D eigenvalue weighted by Crippen LogP contribution is -2.24. The van der Waals surface area contributed by atoms with Crippen LogP contribution in [0.15, 0.2) is 57.7 Å². The molecule has 6 heteroatoms. The largest absolute Gasteiger partial charge is 0.461 e. The molecule has 2 aromatic heterocycles. The van der Waals surface area contributed by atoms with Gasteiger partial charge in [-0.05, 0) is 29.8 Å². The van der Waals surface area contributed by atoms with Crippen molar-refractivity contribution in [1.29, 1.82) is 0 Å². The Morgan fingerprint density at radius 2 is 2.00 bits per heavy atom. The molecule has 2 heterocycles. The summed E-state index contributed by atoms with van der Waals surface area (Å²) in [7, 11) is 0. The summed E-state index contributed by atoms with van der Waals surface area (Å²) in [6.07, 6.45) is 1.64. The molecule has 1 amide bonds. The van der Waals surface area contributed by atoms with Gasteiger partial charge >= 0.3 is 0 Å². The normalized spacial score (nSPS) is 10.6. The van der Waals surface area contributed by atoms with Crippen molar-refractivity contribution in [2.24, 2.45) is 0 Å². The summed E-state index contributed by atoms with van der Waals surface area (Å²) in [6, 6.07) is 11.1. The average molecular weight is 300 g/mol. The first-order valence-corrected chi connectivity index (χ1v) is 6.71. The molecule has 0 aliphatic rings. The fourth-order valence-electron chi connectivity index (χ4n) is 1.96. The Bertz CT molecular complexity index is 748. The zero-order valence-electron chi connectivity index (χ0n) is 11.6. The second-order valence-corrected chi connectivity index (χ2v) is 4.74. The van der Waals surface area contributed by atoms with Crippen molar-refractivity contribution in [2.45, 2.75) is 13.0 Å². The van der Waals surface area contributed by atoms with Gasteiger partial charge in [-0.3, -0.25) is 4.79 Å². The second kappa shape index (κ2) is 6.26. The van der Waals surface area contributed by atoms with Gasteiger partial charge in [0, 0.05) is 12.6 Å². The number of hydrogen-bond donors (Lipinski definition) is 1. The summed E-state index contributed by atoms with van der Waals surface area (Å²) < 4.78 is 23.1. The second-order valence-electron chi connectivity index (χ2n) is 4.74. The van der Waals surface area contributed by atoms with E-state index in [4.69, 9.17) is 8.94 Å². The van der Waals surface area contributed by atoms with Gasteiger partial charge in [-0.1, -0.05) is 17.3 Å². The molecule has 0 atom stereocenters. The van der Waals surface area contributed by atoms with Crippen LogP contribution in [0, 0.1) is 5.82 Å². The molecule has 0 fully saturated rings. The van der Waals surface area contributed by atoms with Crippen molar-refractivity contribution in [1.82, 2.24) is 10.5 Å². The first-order valence-electron chi connectivity index (χ1n) is 6.71. The Hall–Kier alpha value is -2.89. The maximum Gasteiger partial charge on any atom is 0.226 e. The van der Waals surface area contributed by atoms with Crippen LogP contribution in [0.3, 0.4) is 0 Å². The van der Waals surface area contributed by atoms with E-state index in [9.17, 15) is 9.18 Å². The van der Waals surface area contributed by atoms with E-state index in [1.54, 1.807) is 30.3 Å². The molecule has 0 radical (unpaired) electrons. The van der Waals surface area contributed by atoms with E-state index in [0.717, 1.165) is 5.56 Å². The number of halogens is 1. The third kappa shape index (κ3) is 3.41. The molecule has 0 saturated heterocycles. The van der Waals surface area contributed by atoms with Crippen LogP contribution in [0.5, 0.6) is 0 Å². The molecule has 0 bridgehead atoms. The third-order valence-corrected chi connectivity index (χ3v) is 3.07. The minimum atomic E-state index is -0.303. The Labute approximate surface area is 125 Å². The van der Waals surface area contributed by atoms with Crippen LogP contribution in [-0.2, 0) is 17.8 Å². The van der Waals surface area contributed by atoms with E-state index < -0.39 is 0 Å². The highest BCUT2D eigenvalue weighted by Crippen LogP contribution is 2.20. The SMILES string of the molecule is O=C(Cc1cc(-c2ccco2)on1)NCc1ccc(F)cc1. The third-order valence-electron chi connectivity index (χ3n) is 3.07. The first-order chi connectivity index (χ1) is 10.7. The fourth-order valence-corrected chi connectivity index (χ4v) is 1.96. The zero-order chi connectivity index (χ0) is 15.4. The number of furan rings is 1. The Morgan fingerprint density at radius 1 is 1.18 bits per heavy atom. The van der Waals surface area contributed by atoms with Crippen LogP contribution in [0.1, 0.15) is 11.3 Å². The highest BCUT2D eigenvalue weighted by atomic mass is 19.1. The van der Waals surface area contributed by atoms with Crippen LogP contribution in [0.25, 0.3) is 11.5 Å². The summed E-state index contributed by atoms with van der Waals surface area (Å²) >= 11 is 0. The fraction of sp³-hybridized carbons (Fsp3) is 0.125. The standard InChI is InChI=1S/C16H13FN2O3/c17-12-5-3-11(4-6-12)10-18-16(20)9-13-8-15(22-19-13)14-2-1-7-21-14/h1-8H,9-10H2,(H,18,20). The van der Waals surface area contributed by atoms with Crippen LogP contribution in [0.2, 0.25) is 0 Å². The van der Waals surface area contributed by atoms with Crippen molar-refractivity contribution in [3.63, 3.8) is 0 Å². The molecule has 0 aliphatic carbocycles. The number of nitrogens with zero attached hydrogens (tertiary/aromatic N) is 1. The van der Waals surface area contributed by atoms with Gasteiger partial charge in [0.05, 0.1) is 18.4 Å². The number of nitrogens with one attached hydrogen (secondary N) is 1. The van der Waals surface area contributed by atoms with E-state index in [-0.39, 0.29) is 18.1 Å². The molecule has 0 spiro atoms. The number of hydrogen-bond acceptors (Lipinski definition) is 4. The predicted octanol–water partition coefficient (Wildman–Crippen LogP) is 2.93. The number of carbonyl (C=O) groups excluding carboxylic acids is 1. The molecule has 0 saturated carbocycles. The van der Waals surface area contributed by atoms with Crippen molar-refractivity contribution in [3.8, 4) is 11.5 Å². The molecule has 22 heavy (non-hydrogen) atoms. The average Bonchev–Trinajstić information content (AvgIpc) is 3.17. The molecule has 112 valence electrons. The lowest BCUT2D eigenvalue weighted by molar-refractivity contribution is -0.120. The van der Waals surface area contributed by atoms with Gasteiger partial charge in [-0.2, -0.15) is 0 Å². The van der Waals surface area contributed by atoms with Gasteiger partial charge in [0.1, 0.15) is 5.82 Å². The number of amides is 1. The Balaban J connectivity index is 1.54. The van der Waals surface area contributed by atoms with Crippen molar-refractivity contribution in [3.05, 3.63) is 65.8 Å². The minimum Gasteiger partial charge on any atom is -0.461 e. The van der Waals surface area contributed by atoms with Crippen LogP contribution in [0.4, 0.5) is 4.39 Å². The van der Waals surface area contributed by atoms with Crippen molar-refractivity contribution >= 4 is 5.91 Å². The van der Waals surface area contributed by atoms with E-state index in [1.807, 2.05) is 0 Å². The van der Waals surface area contributed by atoms with E-state index >= 15 is 0 Å². The lowest BCUT2D eigenvalue weighted by atomic mass is 10.2. The van der Waals surface area contributed by atoms with Gasteiger partial charge in [0.25, 0.3) is 0 Å². The summed E-state index contributed by atoms with van der Waals surface area (Å²) in [4.78, 5) is 11.9. The van der Waals surface area contributed by atoms with Crippen LogP contribution >= 0.6 is 0 Å². The smallest absolute Gasteiger partial charge is 0.226 e. The maximum absolute atomic E-state index is 12.8. The number of carbonyl (C=O) groups is 1. The molecule has 1 aromatic carbocycles. The Kier molecular flexibility index (Phi) is 4.00. The van der Waals surface area contributed by atoms with Gasteiger partial charge in [-0.25, -0.2) is 4.39 Å². The van der Waals surface area contributed by atoms with Gasteiger partial charge in [0.15, 0.2) is 5.76 Å². The molecule has 1 N–H and O–H groups in total. The molecular formula is C16H13FN2O3. The number of aromatic nitrogens is 1. The first kappa shape index (κ1) is 14.1. The summed E-state index contributed by atoms with van der Waals surface area (Å²) in [6.45, 7) is 0.335. The number of benzene rings is 1. The highest BCUT2D eigenvalue weighted by Gasteiger charge is 2.12. The lowest BCUT2D eigenvalue weighted by Gasteiger charge is -2.03. The molecule has 3 aromatic rings. The van der Waals surface area contributed by atoms with Crippen molar-refractivity contribution in [2.75, 3.05) is 0 Å². The Morgan fingerprint density at radius 3 is 2.73 bits per heavy atom. The highest BCUT2D eigenvalue weighted by molar-refractivity contribution is 5.78. The summed E-state index contributed by atoms with van der Waals surface area (Å²) in [5, 5.41) is 6.58. The maximum atomic E-state index is 12.8. The molecule has 3 rings (SSSR count). The molecular weight excluding hydrogens is 287 g/mol. The zero-order valence-corrected chi connectivity index (χ0v) is 11.6. The van der Waals surface area contributed by atoms with Crippen LogP contribution < -0.4 is 5.32 Å². The quantitative estimate of drug-likeness (QED) is 0.786.